The number of ether oxygens (including phenoxy) is 2. The summed E-state index contributed by atoms with van der Waals surface area (Å²) in [5.74, 6) is -0.0962. The van der Waals surface area contributed by atoms with Crippen LogP contribution in [0, 0.1) is 0 Å². The molecule has 0 radical (unpaired) electrons. The summed E-state index contributed by atoms with van der Waals surface area (Å²) in [4.78, 5) is 21.1. The third-order valence-electron chi connectivity index (χ3n) is 1.93. The molecule has 0 aliphatic rings. The molecule has 0 saturated carbocycles. The summed E-state index contributed by atoms with van der Waals surface area (Å²) in [6, 6.07) is 0. The van der Waals surface area contributed by atoms with Gasteiger partial charge in [0.2, 0.25) is 12.3 Å². The van der Waals surface area contributed by atoms with Crippen molar-refractivity contribution in [2.75, 3.05) is 39.5 Å². The minimum atomic E-state index is -0.0962. The van der Waals surface area contributed by atoms with Crippen molar-refractivity contribution in [3.05, 3.63) is 0 Å². The Morgan fingerprint density at radius 3 is 2.65 bits per heavy atom. The summed E-state index contributed by atoms with van der Waals surface area (Å²) in [6.07, 6.45) is 2.67. The zero-order valence-electron chi connectivity index (χ0n) is 10.4. The van der Waals surface area contributed by atoms with Crippen LogP contribution in [0.3, 0.4) is 0 Å². The molecule has 0 heterocycles. The Morgan fingerprint density at radius 1 is 1.18 bits per heavy atom. The van der Waals surface area contributed by atoms with E-state index in [9.17, 15) is 9.59 Å². The Balaban J connectivity index is 3.11. The van der Waals surface area contributed by atoms with Gasteiger partial charge in [0.05, 0.1) is 19.8 Å². The van der Waals surface area contributed by atoms with Crippen LogP contribution in [0.5, 0.6) is 0 Å². The first-order valence-corrected chi connectivity index (χ1v) is 5.90. The average Bonchev–Trinajstić information content (AvgIpc) is 2.33. The van der Waals surface area contributed by atoms with E-state index in [0.29, 0.717) is 39.3 Å². The maximum absolute atomic E-state index is 11.2. The number of carbonyl (C=O) groups is 2. The first-order chi connectivity index (χ1) is 8.31. The number of unbranched alkanes of at least 4 members (excludes halogenated alkanes) is 1. The van der Waals surface area contributed by atoms with Crippen LogP contribution in [0.2, 0.25) is 0 Å². The molecule has 6 heteroatoms. The fourth-order valence-corrected chi connectivity index (χ4v) is 1.03. The maximum atomic E-state index is 11.2. The smallest absolute Gasteiger partial charge is 0.245 e. The maximum Gasteiger partial charge on any atom is 0.245 e. The van der Waals surface area contributed by atoms with Crippen molar-refractivity contribution < 1.29 is 19.1 Å². The van der Waals surface area contributed by atoms with Crippen LogP contribution in [0.1, 0.15) is 19.8 Å². The van der Waals surface area contributed by atoms with Crippen LogP contribution in [-0.2, 0) is 19.1 Å². The highest BCUT2D eigenvalue weighted by Crippen LogP contribution is 1.83. The molecule has 0 aromatic carbocycles. The van der Waals surface area contributed by atoms with E-state index in [2.05, 4.69) is 17.6 Å². The molecule has 0 spiro atoms. The average molecular weight is 246 g/mol. The summed E-state index contributed by atoms with van der Waals surface area (Å²) < 4.78 is 10.2. The van der Waals surface area contributed by atoms with Gasteiger partial charge in [-0.2, -0.15) is 0 Å². The molecule has 0 aliphatic carbocycles. The lowest BCUT2D eigenvalue weighted by Gasteiger charge is -2.06. The SMILES string of the molecule is CCCCNC(=O)COCCOCCNC=O. The van der Waals surface area contributed by atoms with Gasteiger partial charge in [-0.1, -0.05) is 13.3 Å². The molecule has 0 rings (SSSR count). The monoisotopic (exact) mass is 246 g/mol. The molecule has 2 N–H and O–H groups in total. The van der Waals surface area contributed by atoms with Crippen molar-refractivity contribution in [2.24, 2.45) is 0 Å². The molecule has 0 aromatic heterocycles. The fraction of sp³-hybridized carbons (Fsp3) is 0.818. The van der Waals surface area contributed by atoms with Crippen molar-refractivity contribution in [2.45, 2.75) is 19.8 Å². The van der Waals surface area contributed by atoms with E-state index in [1.807, 2.05) is 0 Å². The lowest BCUT2D eigenvalue weighted by atomic mass is 10.3. The van der Waals surface area contributed by atoms with Gasteiger partial charge in [-0.3, -0.25) is 9.59 Å². The molecule has 0 aliphatic heterocycles. The van der Waals surface area contributed by atoms with Gasteiger partial charge >= 0.3 is 0 Å². The van der Waals surface area contributed by atoms with Crippen molar-refractivity contribution in [3.63, 3.8) is 0 Å². The second kappa shape index (κ2) is 12.9. The van der Waals surface area contributed by atoms with Crippen LogP contribution in [-0.4, -0.2) is 51.8 Å². The number of carbonyl (C=O) groups excluding carboxylic acids is 2. The quantitative estimate of drug-likeness (QED) is 0.365. The molecule has 0 saturated heterocycles. The van der Waals surface area contributed by atoms with Gasteiger partial charge in [0.1, 0.15) is 6.61 Å². The number of rotatable bonds is 12. The molecule has 0 bridgehead atoms. The van der Waals surface area contributed by atoms with Gasteiger partial charge in [-0.15, -0.1) is 0 Å². The minimum Gasteiger partial charge on any atom is -0.377 e. The van der Waals surface area contributed by atoms with Crippen LogP contribution >= 0.6 is 0 Å². The summed E-state index contributed by atoms with van der Waals surface area (Å²) in [7, 11) is 0. The largest absolute Gasteiger partial charge is 0.377 e. The first-order valence-electron chi connectivity index (χ1n) is 5.90. The summed E-state index contributed by atoms with van der Waals surface area (Å²) in [6.45, 7) is 4.57. The summed E-state index contributed by atoms with van der Waals surface area (Å²) in [5, 5.41) is 5.22. The van der Waals surface area contributed by atoms with E-state index in [0.717, 1.165) is 12.8 Å². The Kier molecular flexibility index (Phi) is 12.1. The van der Waals surface area contributed by atoms with Gasteiger partial charge < -0.3 is 20.1 Å². The topological polar surface area (TPSA) is 76.7 Å². The van der Waals surface area contributed by atoms with E-state index in [-0.39, 0.29) is 12.5 Å². The number of nitrogens with one attached hydrogen (secondary N) is 2. The Hall–Kier alpha value is -1.14. The second-order valence-electron chi connectivity index (χ2n) is 3.44. The van der Waals surface area contributed by atoms with Crippen molar-refractivity contribution >= 4 is 12.3 Å². The second-order valence-corrected chi connectivity index (χ2v) is 3.44. The lowest BCUT2D eigenvalue weighted by molar-refractivity contribution is -0.126. The van der Waals surface area contributed by atoms with Crippen molar-refractivity contribution in [1.82, 2.24) is 10.6 Å². The van der Waals surface area contributed by atoms with Gasteiger partial charge in [0, 0.05) is 13.1 Å². The van der Waals surface area contributed by atoms with Crippen LogP contribution in [0.4, 0.5) is 0 Å². The van der Waals surface area contributed by atoms with E-state index in [1.54, 1.807) is 0 Å². The van der Waals surface area contributed by atoms with Crippen LogP contribution in [0.25, 0.3) is 0 Å². The van der Waals surface area contributed by atoms with Gasteiger partial charge in [0.25, 0.3) is 0 Å². The van der Waals surface area contributed by atoms with Crippen molar-refractivity contribution in [3.8, 4) is 0 Å². The first kappa shape index (κ1) is 15.9. The zero-order chi connectivity index (χ0) is 12.8. The molecule has 2 amide bonds. The third kappa shape index (κ3) is 12.8. The van der Waals surface area contributed by atoms with Crippen LogP contribution < -0.4 is 10.6 Å². The van der Waals surface area contributed by atoms with E-state index < -0.39 is 0 Å². The van der Waals surface area contributed by atoms with Gasteiger partial charge in [-0.25, -0.2) is 0 Å². The van der Waals surface area contributed by atoms with Gasteiger partial charge in [-0.05, 0) is 6.42 Å². The highest BCUT2D eigenvalue weighted by atomic mass is 16.5. The van der Waals surface area contributed by atoms with Crippen LogP contribution in [0.15, 0.2) is 0 Å². The third-order valence-corrected chi connectivity index (χ3v) is 1.93. The van der Waals surface area contributed by atoms with E-state index >= 15 is 0 Å². The lowest BCUT2D eigenvalue weighted by Crippen LogP contribution is -2.29. The summed E-state index contributed by atoms with van der Waals surface area (Å²) in [5.41, 5.74) is 0. The molecule has 6 nitrogen and oxygen atoms in total. The number of amides is 2. The highest BCUT2D eigenvalue weighted by molar-refractivity contribution is 5.77. The number of hydrogen-bond donors (Lipinski definition) is 2. The van der Waals surface area contributed by atoms with Gasteiger partial charge in [0.15, 0.2) is 0 Å². The molecule has 17 heavy (non-hydrogen) atoms. The molecule has 0 atom stereocenters. The standard InChI is InChI=1S/C11H22N2O4/c1-2-3-4-13-11(15)9-17-8-7-16-6-5-12-10-14/h10H,2-9H2,1H3,(H,12,14)(H,13,15). The molecule has 0 unspecified atom stereocenters. The Morgan fingerprint density at radius 2 is 1.94 bits per heavy atom. The predicted octanol–water partition coefficient (Wildman–Crippen LogP) is -0.318. The molecule has 0 fully saturated rings. The molecular weight excluding hydrogens is 224 g/mol. The predicted molar refractivity (Wildman–Crippen MR) is 63.6 cm³/mol. The Labute approximate surface area is 102 Å². The highest BCUT2D eigenvalue weighted by Gasteiger charge is 1.99. The Bertz CT molecular complexity index is 200. The summed E-state index contributed by atoms with van der Waals surface area (Å²) >= 11 is 0. The van der Waals surface area contributed by atoms with Crippen molar-refractivity contribution in [1.29, 1.82) is 0 Å². The molecule has 0 aromatic rings. The fourth-order valence-electron chi connectivity index (χ4n) is 1.03. The molecular formula is C11H22N2O4. The minimum absolute atomic E-state index is 0.0691. The normalized spacial score (nSPS) is 9.94. The van der Waals surface area contributed by atoms with E-state index in [1.165, 1.54) is 0 Å². The zero-order valence-corrected chi connectivity index (χ0v) is 10.4. The van der Waals surface area contributed by atoms with E-state index in [4.69, 9.17) is 9.47 Å². The molecule has 100 valence electrons. The number of hydrogen-bond acceptors (Lipinski definition) is 4.